The van der Waals surface area contributed by atoms with E-state index in [0.29, 0.717) is 0 Å². The van der Waals surface area contributed by atoms with Crippen LogP contribution in [0.5, 0.6) is 0 Å². The predicted molar refractivity (Wildman–Crippen MR) is 71.9 cm³/mol. The SMILES string of the molecule is CC(=O)c1c(C)nsc1NCC1CCCC1C. The van der Waals surface area contributed by atoms with Crippen LogP contribution in [-0.2, 0) is 0 Å². The third-order valence-corrected chi connectivity index (χ3v) is 4.67. The summed E-state index contributed by atoms with van der Waals surface area (Å²) in [7, 11) is 0. The molecule has 3 nitrogen and oxygen atoms in total. The average molecular weight is 252 g/mol. The van der Waals surface area contributed by atoms with Gasteiger partial charge in [0.2, 0.25) is 0 Å². The van der Waals surface area contributed by atoms with E-state index in [-0.39, 0.29) is 5.78 Å². The molecule has 1 aromatic rings. The second kappa shape index (κ2) is 5.17. The fraction of sp³-hybridized carbons (Fsp3) is 0.692. The molecule has 1 fully saturated rings. The summed E-state index contributed by atoms with van der Waals surface area (Å²) in [4.78, 5) is 11.5. The molecule has 2 atom stereocenters. The molecule has 1 aliphatic carbocycles. The van der Waals surface area contributed by atoms with E-state index in [0.717, 1.165) is 34.6 Å². The molecule has 17 heavy (non-hydrogen) atoms. The van der Waals surface area contributed by atoms with Crippen molar-refractivity contribution in [1.29, 1.82) is 0 Å². The molecule has 0 aliphatic heterocycles. The fourth-order valence-corrected chi connectivity index (χ4v) is 3.50. The molecule has 1 N–H and O–H groups in total. The average Bonchev–Trinajstić information content (AvgIpc) is 2.82. The molecule has 4 heteroatoms. The van der Waals surface area contributed by atoms with Gasteiger partial charge in [-0.15, -0.1) is 0 Å². The standard InChI is InChI=1S/C13H20N2OS/c1-8-5-4-6-11(8)7-14-13-12(10(3)16)9(2)15-17-13/h8,11,14H,4-7H2,1-3H3. The van der Waals surface area contributed by atoms with Gasteiger partial charge in [0.05, 0.1) is 11.3 Å². The van der Waals surface area contributed by atoms with Crippen molar-refractivity contribution >= 4 is 22.3 Å². The van der Waals surface area contributed by atoms with Crippen LogP contribution in [0.2, 0.25) is 0 Å². The molecular formula is C13H20N2OS. The van der Waals surface area contributed by atoms with E-state index >= 15 is 0 Å². The van der Waals surface area contributed by atoms with Gasteiger partial charge in [-0.1, -0.05) is 19.8 Å². The van der Waals surface area contributed by atoms with Crippen LogP contribution < -0.4 is 5.32 Å². The third kappa shape index (κ3) is 2.68. The summed E-state index contributed by atoms with van der Waals surface area (Å²) in [6.45, 7) is 6.81. The van der Waals surface area contributed by atoms with Crippen molar-refractivity contribution in [2.45, 2.75) is 40.0 Å². The minimum atomic E-state index is 0.109. The second-order valence-electron chi connectivity index (χ2n) is 5.08. The summed E-state index contributed by atoms with van der Waals surface area (Å²) >= 11 is 1.41. The predicted octanol–water partition coefficient (Wildman–Crippen LogP) is 3.50. The molecule has 1 aliphatic rings. The zero-order valence-electron chi connectivity index (χ0n) is 10.7. The summed E-state index contributed by atoms with van der Waals surface area (Å²) in [5.41, 5.74) is 1.63. The number of anilines is 1. The summed E-state index contributed by atoms with van der Waals surface area (Å²) in [6, 6.07) is 0. The van der Waals surface area contributed by atoms with Gasteiger partial charge in [-0.05, 0) is 43.6 Å². The van der Waals surface area contributed by atoms with Crippen LogP contribution in [0.4, 0.5) is 5.00 Å². The van der Waals surface area contributed by atoms with Crippen LogP contribution in [0.25, 0.3) is 0 Å². The molecular weight excluding hydrogens is 232 g/mol. The van der Waals surface area contributed by atoms with E-state index in [1.807, 2.05) is 6.92 Å². The molecule has 1 aromatic heterocycles. The molecule has 0 radical (unpaired) electrons. The van der Waals surface area contributed by atoms with Crippen molar-refractivity contribution in [3.63, 3.8) is 0 Å². The number of carbonyl (C=O) groups excluding carboxylic acids is 1. The van der Waals surface area contributed by atoms with Crippen LogP contribution in [0.3, 0.4) is 0 Å². The first kappa shape index (κ1) is 12.6. The Morgan fingerprint density at radius 1 is 1.53 bits per heavy atom. The van der Waals surface area contributed by atoms with Crippen LogP contribution >= 0.6 is 11.5 Å². The van der Waals surface area contributed by atoms with Crippen LogP contribution in [-0.4, -0.2) is 16.7 Å². The minimum absolute atomic E-state index is 0.109. The highest BCUT2D eigenvalue weighted by molar-refractivity contribution is 7.10. The number of hydrogen-bond acceptors (Lipinski definition) is 4. The number of aromatic nitrogens is 1. The zero-order chi connectivity index (χ0) is 12.4. The molecule has 0 saturated heterocycles. The lowest BCUT2D eigenvalue weighted by Gasteiger charge is -2.16. The van der Waals surface area contributed by atoms with Gasteiger partial charge in [0.25, 0.3) is 0 Å². The van der Waals surface area contributed by atoms with Gasteiger partial charge in [0.15, 0.2) is 5.78 Å². The number of carbonyl (C=O) groups is 1. The molecule has 2 rings (SSSR count). The highest BCUT2D eigenvalue weighted by Gasteiger charge is 2.24. The lowest BCUT2D eigenvalue weighted by molar-refractivity contribution is 0.101. The maximum atomic E-state index is 11.5. The summed E-state index contributed by atoms with van der Waals surface area (Å²) < 4.78 is 4.26. The van der Waals surface area contributed by atoms with E-state index in [1.54, 1.807) is 6.92 Å². The molecule has 0 amide bonds. The topological polar surface area (TPSA) is 42.0 Å². The number of Topliss-reactive ketones (excluding diaryl/α,β-unsaturated/α-hetero) is 1. The van der Waals surface area contributed by atoms with Crippen LogP contribution in [0.1, 0.15) is 49.2 Å². The summed E-state index contributed by atoms with van der Waals surface area (Å²) in [6.07, 6.45) is 3.99. The monoisotopic (exact) mass is 252 g/mol. The Labute approximate surface area is 107 Å². The van der Waals surface area contributed by atoms with E-state index in [4.69, 9.17) is 0 Å². The van der Waals surface area contributed by atoms with Gasteiger partial charge in [-0.25, -0.2) is 0 Å². The number of ketones is 1. The van der Waals surface area contributed by atoms with Gasteiger partial charge >= 0.3 is 0 Å². The van der Waals surface area contributed by atoms with Gasteiger partial charge in [-0.2, -0.15) is 4.37 Å². The van der Waals surface area contributed by atoms with E-state index < -0.39 is 0 Å². The quantitative estimate of drug-likeness (QED) is 0.834. The Morgan fingerprint density at radius 3 is 2.88 bits per heavy atom. The lowest BCUT2D eigenvalue weighted by atomic mass is 9.98. The third-order valence-electron chi connectivity index (χ3n) is 3.78. The summed E-state index contributed by atoms with van der Waals surface area (Å²) in [5.74, 6) is 1.66. The molecule has 0 spiro atoms. The minimum Gasteiger partial charge on any atom is -0.375 e. The van der Waals surface area contributed by atoms with Crippen molar-refractivity contribution in [2.75, 3.05) is 11.9 Å². The molecule has 0 bridgehead atoms. The Balaban J connectivity index is 2.01. The molecule has 94 valence electrons. The highest BCUT2D eigenvalue weighted by Crippen LogP contribution is 2.32. The number of hydrogen-bond donors (Lipinski definition) is 1. The number of nitrogens with one attached hydrogen (secondary N) is 1. The first-order valence-electron chi connectivity index (χ1n) is 6.30. The van der Waals surface area contributed by atoms with Crippen LogP contribution in [0.15, 0.2) is 0 Å². The van der Waals surface area contributed by atoms with Crippen LogP contribution in [0, 0.1) is 18.8 Å². The van der Waals surface area contributed by atoms with Crippen molar-refractivity contribution in [3.05, 3.63) is 11.3 Å². The van der Waals surface area contributed by atoms with Crippen molar-refractivity contribution in [3.8, 4) is 0 Å². The molecule has 1 heterocycles. The maximum absolute atomic E-state index is 11.5. The normalized spacial score (nSPS) is 23.9. The Bertz CT molecular complexity index is 414. The second-order valence-corrected chi connectivity index (χ2v) is 5.85. The van der Waals surface area contributed by atoms with Crippen molar-refractivity contribution in [2.24, 2.45) is 11.8 Å². The maximum Gasteiger partial charge on any atom is 0.164 e. The van der Waals surface area contributed by atoms with Gasteiger partial charge < -0.3 is 5.32 Å². The molecule has 2 unspecified atom stereocenters. The molecule has 1 saturated carbocycles. The van der Waals surface area contributed by atoms with E-state index in [1.165, 1.54) is 30.8 Å². The number of rotatable bonds is 4. The van der Waals surface area contributed by atoms with E-state index in [9.17, 15) is 4.79 Å². The molecule has 0 aromatic carbocycles. The first-order valence-corrected chi connectivity index (χ1v) is 7.08. The van der Waals surface area contributed by atoms with Gasteiger partial charge in [-0.3, -0.25) is 4.79 Å². The Morgan fingerprint density at radius 2 is 2.29 bits per heavy atom. The lowest BCUT2D eigenvalue weighted by Crippen LogP contribution is -2.16. The first-order chi connectivity index (χ1) is 8.09. The number of aryl methyl sites for hydroxylation is 1. The fourth-order valence-electron chi connectivity index (χ4n) is 2.65. The Hall–Kier alpha value is -0.900. The zero-order valence-corrected chi connectivity index (χ0v) is 11.6. The van der Waals surface area contributed by atoms with Gasteiger partial charge in [0, 0.05) is 6.54 Å². The number of nitrogens with zero attached hydrogens (tertiary/aromatic N) is 1. The Kier molecular flexibility index (Phi) is 3.82. The summed E-state index contributed by atoms with van der Waals surface area (Å²) in [5, 5.41) is 4.38. The largest absolute Gasteiger partial charge is 0.375 e. The highest BCUT2D eigenvalue weighted by atomic mass is 32.1. The van der Waals surface area contributed by atoms with Crippen molar-refractivity contribution < 1.29 is 4.79 Å². The van der Waals surface area contributed by atoms with Gasteiger partial charge in [0.1, 0.15) is 5.00 Å². The van der Waals surface area contributed by atoms with Crippen molar-refractivity contribution in [1.82, 2.24) is 4.37 Å². The smallest absolute Gasteiger partial charge is 0.164 e. The van der Waals surface area contributed by atoms with E-state index in [2.05, 4.69) is 16.6 Å².